The van der Waals surface area contributed by atoms with Gasteiger partial charge < -0.3 is 5.11 Å². The van der Waals surface area contributed by atoms with Crippen LogP contribution in [0, 0.1) is 17.8 Å². The fourth-order valence-electron chi connectivity index (χ4n) is 1.93. The molecule has 2 unspecified atom stereocenters. The van der Waals surface area contributed by atoms with E-state index in [1.54, 1.807) is 0 Å². The van der Waals surface area contributed by atoms with Crippen LogP contribution in [0.15, 0.2) is 0 Å². The van der Waals surface area contributed by atoms with Crippen LogP contribution in [0.25, 0.3) is 0 Å². The molecule has 0 spiro atoms. The first kappa shape index (κ1) is 7.58. The molecule has 1 N–H and O–H groups in total. The standard InChI is InChI=1S/C8H14O2/c1-5-3-4-6(2)7(5)8(9)10/h5-7H,3-4H2,1-2H3,(H,9,10)/t5-,6?,7?/m0/s1. The minimum absolute atomic E-state index is 0.0833. The predicted octanol–water partition coefficient (Wildman–Crippen LogP) is 1.75. The Labute approximate surface area is 61.2 Å². The average Bonchev–Trinajstić information content (AvgIpc) is 2.11. The molecule has 0 aromatic carbocycles. The van der Waals surface area contributed by atoms with Gasteiger partial charge in [-0.1, -0.05) is 13.8 Å². The summed E-state index contributed by atoms with van der Waals surface area (Å²) in [5.41, 5.74) is 0. The molecule has 0 aromatic rings. The van der Waals surface area contributed by atoms with Gasteiger partial charge in [-0.15, -0.1) is 0 Å². The molecule has 2 heteroatoms. The van der Waals surface area contributed by atoms with E-state index in [-0.39, 0.29) is 5.92 Å². The second-order valence-corrected chi connectivity index (χ2v) is 3.40. The van der Waals surface area contributed by atoms with Crippen LogP contribution in [-0.4, -0.2) is 11.1 Å². The van der Waals surface area contributed by atoms with Crippen LogP contribution in [0.5, 0.6) is 0 Å². The maximum atomic E-state index is 10.6. The van der Waals surface area contributed by atoms with Crippen LogP contribution in [-0.2, 0) is 4.79 Å². The van der Waals surface area contributed by atoms with Gasteiger partial charge in [-0.3, -0.25) is 4.79 Å². The molecule has 1 rings (SSSR count). The first-order valence-electron chi connectivity index (χ1n) is 3.85. The fourth-order valence-corrected chi connectivity index (χ4v) is 1.93. The van der Waals surface area contributed by atoms with E-state index in [1.165, 1.54) is 0 Å². The summed E-state index contributed by atoms with van der Waals surface area (Å²) in [6.07, 6.45) is 2.16. The molecule has 0 radical (unpaired) electrons. The number of carboxylic acid groups (broad SMARTS) is 1. The first-order chi connectivity index (χ1) is 4.63. The molecule has 1 aliphatic carbocycles. The molecule has 10 heavy (non-hydrogen) atoms. The third-order valence-corrected chi connectivity index (χ3v) is 2.59. The van der Waals surface area contributed by atoms with Crippen molar-refractivity contribution in [2.24, 2.45) is 17.8 Å². The largest absolute Gasteiger partial charge is 0.481 e. The van der Waals surface area contributed by atoms with Crippen molar-refractivity contribution >= 4 is 5.97 Å². The number of hydrogen-bond donors (Lipinski definition) is 1. The third-order valence-electron chi connectivity index (χ3n) is 2.59. The molecular weight excluding hydrogens is 128 g/mol. The van der Waals surface area contributed by atoms with E-state index in [4.69, 9.17) is 5.11 Å². The highest BCUT2D eigenvalue weighted by molar-refractivity contribution is 5.71. The highest BCUT2D eigenvalue weighted by atomic mass is 16.4. The zero-order valence-electron chi connectivity index (χ0n) is 6.50. The van der Waals surface area contributed by atoms with E-state index in [0.717, 1.165) is 12.8 Å². The van der Waals surface area contributed by atoms with Crippen molar-refractivity contribution < 1.29 is 9.90 Å². The van der Waals surface area contributed by atoms with E-state index in [2.05, 4.69) is 0 Å². The molecule has 1 saturated carbocycles. The number of carboxylic acids is 1. The molecule has 0 aromatic heterocycles. The summed E-state index contributed by atoms with van der Waals surface area (Å²) in [6, 6.07) is 0. The van der Waals surface area contributed by atoms with E-state index in [1.807, 2.05) is 13.8 Å². The van der Waals surface area contributed by atoms with Gasteiger partial charge in [-0.25, -0.2) is 0 Å². The Kier molecular flexibility index (Phi) is 1.97. The van der Waals surface area contributed by atoms with Gasteiger partial charge in [0, 0.05) is 0 Å². The quantitative estimate of drug-likeness (QED) is 0.605. The lowest BCUT2D eigenvalue weighted by Gasteiger charge is -2.13. The Balaban J connectivity index is 2.63. The summed E-state index contributed by atoms with van der Waals surface area (Å²) in [5.74, 6) is 0.0671. The Morgan fingerprint density at radius 1 is 1.30 bits per heavy atom. The number of rotatable bonds is 1. The van der Waals surface area contributed by atoms with Gasteiger partial charge in [0.2, 0.25) is 0 Å². The van der Waals surface area contributed by atoms with E-state index in [0.29, 0.717) is 11.8 Å². The van der Waals surface area contributed by atoms with Crippen molar-refractivity contribution in [1.82, 2.24) is 0 Å². The van der Waals surface area contributed by atoms with Gasteiger partial charge >= 0.3 is 5.97 Å². The summed E-state index contributed by atoms with van der Waals surface area (Å²) in [6.45, 7) is 4.06. The second-order valence-electron chi connectivity index (χ2n) is 3.40. The maximum absolute atomic E-state index is 10.6. The lowest BCUT2D eigenvalue weighted by atomic mass is 9.92. The van der Waals surface area contributed by atoms with E-state index in [9.17, 15) is 4.79 Å². The number of aliphatic carboxylic acids is 1. The summed E-state index contributed by atoms with van der Waals surface area (Å²) in [5, 5.41) is 8.75. The van der Waals surface area contributed by atoms with Gasteiger partial charge in [0.15, 0.2) is 0 Å². The van der Waals surface area contributed by atoms with E-state index < -0.39 is 5.97 Å². The number of hydrogen-bond acceptors (Lipinski definition) is 1. The molecule has 1 aliphatic rings. The zero-order valence-corrected chi connectivity index (χ0v) is 6.50. The van der Waals surface area contributed by atoms with Crippen LogP contribution in [0.2, 0.25) is 0 Å². The molecule has 0 amide bonds. The Morgan fingerprint density at radius 2 is 1.70 bits per heavy atom. The van der Waals surface area contributed by atoms with Gasteiger partial charge in [0.1, 0.15) is 0 Å². The maximum Gasteiger partial charge on any atom is 0.307 e. The molecule has 0 saturated heterocycles. The zero-order chi connectivity index (χ0) is 7.72. The lowest BCUT2D eigenvalue weighted by molar-refractivity contribution is -0.144. The Hall–Kier alpha value is -0.530. The van der Waals surface area contributed by atoms with Gasteiger partial charge in [-0.05, 0) is 24.7 Å². The molecule has 3 atom stereocenters. The summed E-state index contributed by atoms with van der Waals surface area (Å²) in [4.78, 5) is 10.6. The third kappa shape index (κ3) is 1.15. The van der Waals surface area contributed by atoms with Crippen LogP contribution in [0.3, 0.4) is 0 Å². The topological polar surface area (TPSA) is 37.3 Å². The van der Waals surface area contributed by atoms with Crippen LogP contribution >= 0.6 is 0 Å². The molecule has 2 nitrogen and oxygen atoms in total. The van der Waals surface area contributed by atoms with Crippen molar-refractivity contribution in [3.63, 3.8) is 0 Å². The summed E-state index contributed by atoms with van der Waals surface area (Å²) < 4.78 is 0. The van der Waals surface area contributed by atoms with Gasteiger partial charge in [-0.2, -0.15) is 0 Å². The monoisotopic (exact) mass is 142 g/mol. The highest BCUT2D eigenvalue weighted by Crippen LogP contribution is 2.36. The molecule has 0 bridgehead atoms. The van der Waals surface area contributed by atoms with Crippen molar-refractivity contribution in [2.75, 3.05) is 0 Å². The first-order valence-corrected chi connectivity index (χ1v) is 3.85. The average molecular weight is 142 g/mol. The molecule has 0 aliphatic heterocycles. The smallest absolute Gasteiger partial charge is 0.307 e. The van der Waals surface area contributed by atoms with Crippen LogP contribution < -0.4 is 0 Å². The molecule has 58 valence electrons. The van der Waals surface area contributed by atoms with Gasteiger partial charge in [0.25, 0.3) is 0 Å². The summed E-state index contributed by atoms with van der Waals surface area (Å²) >= 11 is 0. The Bertz CT molecular complexity index is 132. The summed E-state index contributed by atoms with van der Waals surface area (Å²) in [7, 11) is 0. The van der Waals surface area contributed by atoms with Crippen molar-refractivity contribution in [2.45, 2.75) is 26.7 Å². The fraction of sp³-hybridized carbons (Fsp3) is 0.875. The minimum atomic E-state index is -0.613. The van der Waals surface area contributed by atoms with Crippen molar-refractivity contribution in [1.29, 1.82) is 0 Å². The normalized spacial score (nSPS) is 40.0. The predicted molar refractivity (Wildman–Crippen MR) is 38.7 cm³/mol. The second kappa shape index (κ2) is 2.60. The SMILES string of the molecule is CC1CC[C@H](C)C1C(=O)O. The van der Waals surface area contributed by atoms with Gasteiger partial charge in [0.05, 0.1) is 5.92 Å². The van der Waals surface area contributed by atoms with Crippen molar-refractivity contribution in [3.8, 4) is 0 Å². The minimum Gasteiger partial charge on any atom is -0.481 e. The molecule has 0 heterocycles. The highest BCUT2D eigenvalue weighted by Gasteiger charge is 2.35. The number of carbonyl (C=O) groups is 1. The molecular formula is C8H14O2. The van der Waals surface area contributed by atoms with E-state index >= 15 is 0 Å². The Morgan fingerprint density at radius 3 is 1.90 bits per heavy atom. The van der Waals surface area contributed by atoms with Crippen LogP contribution in [0.1, 0.15) is 26.7 Å². The van der Waals surface area contributed by atoms with Crippen molar-refractivity contribution in [3.05, 3.63) is 0 Å². The lowest BCUT2D eigenvalue weighted by Crippen LogP contribution is -2.21. The molecule has 1 fully saturated rings. The van der Waals surface area contributed by atoms with Crippen LogP contribution in [0.4, 0.5) is 0 Å².